The molecule has 3 unspecified atom stereocenters. The second-order valence-corrected chi connectivity index (χ2v) is 10.6. The van der Waals surface area contributed by atoms with Gasteiger partial charge >= 0.3 is 0 Å². The molecular weight excluding hydrogens is 442 g/mol. The number of allylic oxidation sites excluding steroid dienone is 4. The number of nitrogens with two attached hydrogens (primary N) is 1. The molecule has 1 aliphatic rings. The molecule has 0 amide bonds. The van der Waals surface area contributed by atoms with Gasteiger partial charge in [-0.15, -0.1) is 0 Å². The monoisotopic (exact) mass is 473 g/mol. The molecule has 0 spiro atoms. The van der Waals surface area contributed by atoms with Gasteiger partial charge in [-0.2, -0.15) is 0 Å². The van der Waals surface area contributed by atoms with Crippen LogP contribution >= 0.6 is 11.8 Å². The number of hydrogen-bond donors (Lipinski definition) is 1. The van der Waals surface area contributed by atoms with E-state index in [1.807, 2.05) is 24.3 Å². The number of rotatable bonds is 5. The van der Waals surface area contributed by atoms with Gasteiger partial charge in [0.05, 0.1) is 0 Å². The van der Waals surface area contributed by atoms with Crippen molar-refractivity contribution in [2.75, 3.05) is 5.73 Å². The third kappa shape index (κ3) is 4.99. The smallest absolute Gasteiger partial charge is 0.0455 e. The molecule has 0 heterocycles. The van der Waals surface area contributed by atoms with E-state index < -0.39 is 0 Å². The molecule has 0 bridgehead atoms. The minimum atomic E-state index is 0.446. The minimum Gasteiger partial charge on any atom is -0.398 e. The van der Waals surface area contributed by atoms with Crippen molar-refractivity contribution >= 4 is 33.1 Å². The van der Waals surface area contributed by atoms with Gasteiger partial charge in [0.2, 0.25) is 0 Å². The standard InChI is InChI=1S/C33H31NS/c1-22-8-4-5-9-31(23(22)2)26-14-12-25(13-15-26)28-18-19-29-20-27(16-17-30(29)21-28)24(3)35-33-11-7-6-10-32(33)34/h4-23,31H,3,34H2,1-2H3. The fourth-order valence-corrected chi connectivity index (χ4v) is 5.62. The molecule has 0 aliphatic heterocycles. The highest BCUT2D eigenvalue weighted by atomic mass is 32.2. The van der Waals surface area contributed by atoms with Crippen LogP contribution in [0, 0.1) is 11.8 Å². The van der Waals surface area contributed by atoms with E-state index in [0.29, 0.717) is 17.8 Å². The Bertz CT molecular complexity index is 1430. The van der Waals surface area contributed by atoms with E-state index in [1.54, 1.807) is 11.8 Å². The van der Waals surface area contributed by atoms with Crippen LogP contribution in [0.2, 0.25) is 0 Å². The molecule has 1 nitrogen and oxygen atoms in total. The summed E-state index contributed by atoms with van der Waals surface area (Å²) in [5.74, 6) is 1.60. The SMILES string of the molecule is C=C(Sc1ccccc1N)c1ccc2cc(-c3ccc(C4C=CC=CC(C)C4C)cc3)ccc2c1. The van der Waals surface area contributed by atoms with Gasteiger partial charge < -0.3 is 5.73 Å². The third-order valence-electron chi connectivity index (χ3n) is 7.18. The summed E-state index contributed by atoms with van der Waals surface area (Å²) in [6, 6.07) is 30.3. The Balaban J connectivity index is 1.36. The Morgan fingerprint density at radius 2 is 1.46 bits per heavy atom. The van der Waals surface area contributed by atoms with Crippen molar-refractivity contribution in [3.05, 3.63) is 127 Å². The summed E-state index contributed by atoms with van der Waals surface area (Å²) in [5.41, 5.74) is 11.9. The average Bonchev–Trinajstić information content (AvgIpc) is 3.05. The molecule has 0 radical (unpaired) electrons. The maximum Gasteiger partial charge on any atom is 0.0455 e. The Hall–Kier alpha value is -3.49. The lowest BCUT2D eigenvalue weighted by Gasteiger charge is -2.24. The quantitative estimate of drug-likeness (QED) is 0.231. The molecular formula is C33H31NS. The Kier molecular flexibility index (Phi) is 6.66. The zero-order valence-electron chi connectivity index (χ0n) is 20.3. The summed E-state index contributed by atoms with van der Waals surface area (Å²) in [5, 5.41) is 2.44. The van der Waals surface area contributed by atoms with Crippen LogP contribution in [0.15, 0.2) is 121 Å². The van der Waals surface area contributed by atoms with E-state index in [0.717, 1.165) is 21.1 Å². The van der Waals surface area contributed by atoms with Crippen molar-refractivity contribution in [3.8, 4) is 11.1 Å². The number of para-hydroxylation sites is 1. The van der Waals surface area contributed by atoms with E-state index >= 15 is 0 Å². The molecule has 4 aromatic carbocycles. The van der Waals surface area contributed by atoms with Gasteiger partial charge in [-0.25, -0.2) is 0 Å². The first kappa shape index (κ1) is 23.3. The normalized spacial score (nSPS) is 19.5. The number of hydrogen-bond acceptors (Lipinski definition) is 2. The van der Waals surface area contributed by atoms with Crippen LogP contribution in [0.4, 0.5) is 5.69 Å². The Labute approximate surface area is 213 Å². The van der Waals surface area contributed by atoms with Crippen LogP contribution in [-0.2, 0) is 0 Å². The predicted molar refractivity (Wildman–Crippen MR) is 154 cm³/mol. The molecule has 0 fully saturated rings. The summed E-state index contributed by atoms with van der Waals surface area (Å²) < 4.78 is 0. The van der Waals surface area contributed by atoms with E-state index in [2.05, 4.69) is 105 Å². The van der Waals surface area contributed by atoms with Crippen molar-refractivity contribution in [3.63, 3.8) is 0 Å². The van der Waals surface area contributed by atoms with Gasteiger partial charge in [0.15, 0.2) is 0 Å². The summed E-state index contributed by atoms with van der Waals surface area (Å²) in [7, 11) is 0. The van der Waals surface area contributed by atoms with Gasteiger partial charge in [0.1, 0.15) is 0 Å². The summed E-state index contributed by atoms with van der Waals surface area (Å²) in [6.45, 7) is 8.95. The van der Waals surface area contributed by atoms with Crippen LogP contribution < -0.4 is 5.73 Å². The maximum atomic E-state index is 6.11. The van der Waals surface area contributed by atoms with E-state index in [1.165, 1.54) is 27.5 Å². The summed E-state index contributed by atoms with van der Waals surface area (Å²) >= 11 is 1.62. The van der Waals surface area contributed by atoms with Gasteiger partial charge in [-0.05, 0) is 69.1 Å². The second-order valence-electron chi connectivity index (χ2n) is 9.48. The Morgan fingerprint density at radius 1 is 0.771 bits per heavy atom. The molecule has 5 rings (SSSR count). The molecule has 1 aliphatic carbocycles. The number of fused-ring (bicyclic) bond motifs is 1. The second kappa shape index (κ2) is 10.0. The molecule has 174 valence electrons. The maximum absolute atomic E-state index is 6.11. The minimum absolute atomic E-state index is 0.446. The van der Waals surface area contributed by atoms with Crippen molar-refractivity contribution in [2.45, 2.75) is 24.7 Å². The Morgan fingerprint density at radius 3 is 2.26 bits per heavy atom. The van der Waals surface area contributed by atoms with Gasteiger partial charge in [-0.1, -0.05) is 117 Å². The molecule has 0 aromatic heterocycles. The highest BCUT2D eigenvalue weighted by Crippen LogP contribution is 2.38. The van der Waals surface area contributed by atoms with Crippen molar-refractivity contribution < 1.29 is 0 Å². The molecule has 4 aromatic rings. The van der Waals surface area contributed by atoms with Crippen molar-refractivity contribution in [1.29, 1.82) is 0 Å². The number of benzene rings is 4. The molecule has 35 heavy (non-hydrogen) atoms. The van der Waals surface area contributed by atoms with Crippen LogP contribution in [-0.4, -0.2) is 0 Å². The van der Waals surface area contributed by atoms with Crippen molar-refractivity contribution in [1.82, 2.24) is 0 Å². The molecule has 2 N–H and O–H groups in total. The van der Waals surface area contributed by atoms with Gasteiger partial charge in [0, 0.05) is 21.4 Å². The van der Waals surface area contributed by atoms with E-state index in [9.17, 15) is 0 Å². The molecule has 0 saturated carbocycles. The highest BCUT2D eigenvalue weighted by Gasteiger charge is 2.22. The lowest BCUT2D eigenvalue weighted by Crippen LogP contribution is -2.13. The zero-order chi connectivity index (χ0) is 24.4. The fraction of sp³-hybridized carbons (Fsp3) is 0.152. The molecule has 3 atom stereocenters. The van der Waals surface area contributed by atoms with Crippen LogP contribution in [0.3, 0.4) is 0 Å². The van der Waals surface area contributed by atoms with Gasteiger partial charge in [-0.3, -0.25) is 0 Å². The lowest BCUT2D eigenvalue weighted by molar-refractivity contribution is 0.422. The number of thioether (sulfide) groups is 1. The fourth-order valence-electron chi connectivity index (χ4n) is 4.78. The first-order valence-electron chi connectivity index (χ1n) is 12.2. The number of anilines is 1. The van der Waals surface area contributed by atoms with Gasteiger partial charge in [0.25, 0.3) is 0 Å². The first-order chi connectivity index (χ1) is 17.0. The molecule has 2 heteroatoms. The average molecular weight is 474 g/mol. The topological polar surface area (TPSA) is 26.0 Å². The lowest BCUT2D eigenvalue weighted by atomic mass is 9.80. The van der Waals surface area contributed by atoms with Crippen molar-refractivity contribution in [2.24, 2.45) is 11.8 Å². The third-order valence-corrected chi connectivity index (χ3v) is 8.26. The van der Waals surface area contributed by atoms with Crippen LogP contribution in [0.5, 0.6) is 0 Å². The largest absolute Gasteiger partial charge is 0.398 e. The van der Waals surface area contributed by atoms with E-state index in [4.69, 9.17) is 5.73 Å². The highest BCUT2D eigenvalue weighted by molar-refractivity contribution is 8.08. The predicted octanol–water partition coefficient (Wildman–Crippen LogP) is 9.33. The van der Waals surface area contributed by atoms with Crippen LogP contribution in [0.1, 0.15) is 30.9 Å². The summed E-state index contributed by atoms with van der Waals surface area (Å²) in [6.07, 6.45) is 9.02. The van der Waals surface area contributed by atoms with E-state index in [-0.39, 0.29) is 0 Å². The molecule has 0 saturated heterocycles. The first-order valence-corrected chi connectivity index (χ1v) is 13.0. The zero-order valence-corrected chi connectivity index (χ0v) is 21.1. The summed E-state index contributed by atoms with van der Waals surface area (Å²) in [4.78, 5) is 2.03. The van der Waals surface area contributed by atoms with Crippen LogP contribution in [0.25, 0.3) is 26.8 Å². The number of nitrogen functional groups attached to an aromatic ring is 1.